The van der Waals surface area contributed by atoms with E-state index in [4.69, 9.17) is 0 Å². The molecule has 1 N–H and O–H groups in total. The summed E-state index contributed by atoms with van der Waals surface area (Å²) in [7, 11) is 4.02. The molecule has 0 amide bonds. The van der Waals surface area contributed by atoms with Gasteiger partial charge in [-0.05, 0) is 50.7 Å². The maximum absolute atomic E-state index is 11.6. The number of hydrogen-bond acceptors (Lipinski definition) is 3. The molecule has 0 radical (unpaired) electrons. The Kier molecular flexibility index (Phi) is 3.68. The highest BCUT2D eigenvalue weighted by molar-refractivity contribution is 7.09. The molecule has 1 aromatic carbocycles. The molecular formula is C14H18N2OS. The van der Waals surface area contributed by atoms with Crippen LogP contribution in [0, 0.1) is 13.8 Å². The van der Waals surface area contributed by atoms with E-state index in [0.29, 0.717) is 0 Å². The molecule has 0 aliphatic heterocycles. The zero-order chi connectivity index (χ0) is 13.3. The van der Waals surface area contributed by atoms with Gasteiger partial charge in [0.05, 0.1) is 5.69 Å². The van der Waals surface area contributed by atoms with Gasteiger partial charge >= 0.3 is 4.87 Å². The van der Waals surface area contributed by atoms with Crippen molar-refractivity contribution >= 4 is 11.3 Å². The van der Waals surface area contributed by atoms with Crippen LogP contribution in [0.5, 0.6) is 0 Å². The number of benzene rings is 1. The number of nitrogens with one attached hydrogen (secondary N) is 1. The lowest BCUT2D eigenvalue weighted by atomic mass is 10.0. The average Bonchev–Trinajstić information content (AvgIpc) is 2.62. The first-order chi connectivity index (χ1) is 8.47. The molecule has 18 heavy (non-hydrogen) atoms. The molecule has 0 unspecified atom stereocenters. The van der Waals surface area contributed by atoms with Crippen molar-refractivity contribution in [3.63, 3.8) is 0 Å². The molecule has 2 aromatic rings. The summed E-state index contributed by atoms with van der Waals surface area (Å²) in [6, 6.07) is 6.30. The molecule has 0 aliphatic carbocycles. The van der Waals surface area contributed by atoms with Crippen LogP contribution in [-0.4, -0.2) is 24.0 Å². The monoisotopic (exact) mass is 262 g/mol. The summed E-state index contributed by atoms with van der Waals surface area (Å²) in [6.45, 7) is 4.97. The van der Waals surface area contributed by atoms with E-state index in [9.17, 15) is 4.79 Å². The van der Waals surface area contributed by atoms with Crippen molar-refractivity contribution in [1.29, 1.82) is 0 Å². The number of H-pyrrole nitrogens is 1. The van der Waals surface area contributed by atoms with E-state index in [2.05, 4.69) is 41.9 Å². The maximum atomic E-state index is 11.6. The largest absolute Gasteiger partial charge is 0.312 e. The second-order valence-electron chi connectivity index (χ2n) is 4.85. The smallest absolute Gasteiger partial charge is 0.305 e. The second-order valence-corrected chi connectivity index (χ2v) is 5.92. The van der Waals surface area contributed by atoms with Crippen molar-refractivity contribution in [3.05, 3.63) is 43.9 Å². The van der Waals surface area contributed by atoms with E-state index in [0.717, 1.165) is 22.7 Å². The molecule has 0 spiro atoms. The normalized spacial score (nSPS) is 11.2. The molecule has 0 atom stereocenters. The van der Waals surface area contributed by atoms with Crippen LogP contribution in [0.15, 0.2) is 23.0 Å². The molecule has 96 valence electrons. The molecule has 0 saturated carbocycles. The van der Waals surface area contributed by atoms with Gasteiger partial charge in [-0.1, -0.05) is 23.5 Å². The third-order valence-corrected chi connectivity index (χ3v) is 3.84. The number of hydrogen-bond donors (Lipinski definition) is 1. The number of thiazole rings is 1. The Morgan fingerprint density at radius 3 is 2.56 bits per heavy atom. The maximum Gasteiger partial charge on any atom is 0.305 e. The molecule has 0 bridgehead atoms. The van der Waals surface area contributed by atoms with Crippen molar-refractivity contribution < 1.29 is 0 Å². The lowest BCUT2D eigenvalue weighted by Crippen LogP contribution is -2.10. The highest BCUT2D eigenvalue weighted by Crippen LogP contribution is 2.25. The van der Waals surface area contributed by atoms with Gasteiger partial charge in [-0.15, -0.1) is 0 Å². The van der Waals surface area contributed by atoms with E-state index in [1.165, 1.54) is 22.5 Å². The number of nitrogens with zero attached hydrogens (tertiary/aromatic N) is 1. The van der Waals surface area contributed by atoms with Crippen molar-refractivity contribution in [2.75, 3.05) is 14.1 Å². The molecule has 0 saturated heterocycles. The van der Waals surface area contributed by atoms with Gasteiger partial charge in [0.1, 0.15) is 0 Å². The first-order valence-electron chi connectivity index (χ1n) is 5.91. The molecular weight excluding hydrogens is 244 g/mol. The molecule has 2 rings (SSSR count). The minimum absolute atomic E-state index is 0.0140. The fourth-order valence-corrected chi connectivity index (χ4v) is 2.86. The molecule has 1 heterocycles. The summed E-state index contributed by atoms with van der Waals surface area (Å²) in [5, 5.41) is 0. The molecule has 1 aromatic heterocycles. The van der Waals surface area contributed by atoms with Gasteiger partial charge in [-0.25, -0.2) is 0 Å². The van der Waals surface area contributed by atoms with Crippen LogP contribution in [0.2, 0.25) is 0 Å². The first-order valence-corrected chi connectivity index (χ1v) is 6.73. The third kappa shape index (κ3) is 2.71. The van der Waals surface area contributed by atoms with Crippen LogP contribution in [-0.2, 0) is 6.54 Å². The number of aromatic amines is 1. The van der Waals surface area contributed by atoms with Gasteiger partial charge in [-0.2, -0.15) is 0 Å². The highest BCUT2D eigenvalue weighted by atomic mass is 32.1. The molecule has 3 nitrogen and oxygen atoms in total. The Hall–Kier alpha value is -1.39. The fourth-order valence-electron chi connectivity index (χ4n) is 1.89. The SMILES string of the molecule is Cc1ccc(-c2[nH]c(=O)sc2CN(C)C)cc1C. The van der Waals surface area contributed by atoms with Crippen LogP contribution >= 0.6 is 11.3 Å². The summed E-state index contributed by atoms with van der Waals surface area (Å²) in [5.41, 5.74) is 4.57. The van der Waals surface area contributed by atoms with E-state index >= 15 is 0 Å². The van der Waals surface area contributed by atoms with E-state index in [-0.39, 0.29) is 4.87 Å². The van der Waals surface area contributed by atoms with Gasteiger partial charge in [-0.3, -0.25) is 4.79 Å². The molecule has 0 fully saturated rings. The van der Waals surface area contributed by atoms with Crippen LogP contribution in [0.25, 0.3) is 11.3 Å². The predicted molar refractivity (Wildman–Crippen MR) is 77.2 cm³/mol. The first kappa shape index (κ1) is 13.1. The van der Waals surface area contributed by atoms with Crippen LogP contribution in [0.4, 0.5) is 0 Å². The summed E-state index contributed by atoms with van der Waals surface area (Å²) in [4.78, 5) is 17.7. The fraction of sp³-hybridized carbons (Fsp3) is 0.357. The van der Waals surface area contributed by atoms with Crippen LogP contribution in [0.1, 0.15) is 16.0 Å². The van der Waals surface area contributed by atoms with Crippen molar-refractivity contribution in [1.82, 2.24) is 9.88 Å². The number of aromatic nitrogens is 1. The standard InChI is InChI=1S/C14H18N2OS/c1-9-5-6-11(7-10(9)2)13-12(8-16(3)4)18-14(17)15-13/h5-7H,8H2,1-4H3,(H,15,17). The van der Waals surface area contributed by atoms with Gasteiger partial charge in [0.2, 0.25) is 0 Å². The minimum atomic E-state index is 0.0140. The van der Waals surface area contributed by atoms with Crippen LogP contribution in [0.3, 0.4) is 0 Å². The van der Waals surface area contributed by atoms with Crippen LogP contribution < -0.4 is 4.87 Å². The zero-order valence-electron chi connectivity index (χ0n) is 11.2. The molecule has 4 heteroatoms. The highest BCUT2D eigenvalue weighted by Gasteiger charge is 2.11. The lowest BCUT2D eigenvalue weighted by Gasteiger charge is -2.10. The Labute approximate surface area is 111 Å². The van der Waals surface area contributed by atoms with Gasteiger partial charge in [0, 0.05) is 11.4 Å². The third-order valence-electron chi connectivity index (χ3n) is 2.98. The van der Waals surface area contributed by atoms with Gasteiger partial charge in [0.15, 0.2) is 0 Å². The Morgan fingerprint density at radius 1 is 1.22 bits per heavy atom. The van der Waals surface area contributed by atoms with Gasteiger partial charge < -0.3 is 9.88 Å². The predicted octanol–water partition coefficient (Wildman–Crippen LogP) is 2.78. The van der Waals surface area contributed by atoms with Crippen molar-refractivity contribution in [2.45, 2.75) is 20.4 Å². The quantitative estimate of drug-likeness (QED) is 0.923. The van der Waals surface area contributed by atoms with E-state index in [1.807, 2.05) is 14.1 Å². The van der Waals surface area contributed by atoms with E-state index in [1.54, 1.807) is 0 Å². The summed E-state index contributed by atoms with van der Waals surface area (Å²) < 4.78 is 0. The minimum Gasteiger partial charge on any atom is -0.312 e. The number of aryl methyl sites for hydroxylation is 2. The zero-order valence-corrected chi connectivity index (χ0v) is 12.0. The lowest BCUT2D eigenvalue weighted by molar-refractivity contribution is 0.406. The van der Waals surface area contributed by atoms with Gasteiger partial charge in [0.25, 0.3) is 0 Å². The summed E-state index contributed by atoms with van der Waals surface area (Å²) in [6.07, 6.45) is 0. The van der Waals surface area contributed by atoms with Crippen molar-refractivity contribution in [3.8, 4) is 11.3 Å². The number of rotatable bonds is 3. The summed E-state index contributed by atoms with van der Waals surface area (Å²) in [5.74, 6) is 0. The Bertz CT molecular complexity index is 610. The second kappa shape index (κ2) is 5.08. The molecule has 0 aliphatic rings. The topological polar surface area (TPSA) is 36.1 Å². The van der Waals surface area contributed by atoms with E-state index < -0.39 is 0 Å². The average molecular weight is 262 g/mol. The van der Waals surface area contributed by atoms with Crippen molar-refractivity contribution in [2.24, 2.45) is 0 Å². The Balaban J connectivity index is 2.49. The Morgan fingerprint density at radius 2 is 1.94 bits per heavy atom. The summed E-state index contributed by atoms with van der Waals surface area (Å²) >= 11 is 1.29.